The molecule has 0 saturated carbocycles. The molecule has 0 aliphatic heterocycles. The lowest BCUT2D eigenvalue weighted by Crippen LogP contribution is -2.15. The number of hydrogen-bond donors (Lipinski definition) is 1. The van der Waals surface area contributed by atoms with Gasteiger partial charge in [0.1, 0.15) is 5.82 Å². The highest BCUT2D eigenvalue weighted by Gasteiger charge is 2.20. The molecule has 2 aromatic heterocycles. The fourth-order valence-corrected chi connectivity index (χ4v) is 3.71. The second kappa shape index (κ2) is 8.45. The zero-order chi connectivity index (χ0) is 20.2. The number of anilines is 1. The van der Waals surface area contributed by atoms with Crippen LogP contribution in [-0.4, -0.2) is 34.9 Å². The van der Waals surface area contributed by atoms with E-state index in [2.05, 4.69) is 48.6 Å². The molecule has 5 nitrogen and oxygen atoms in total. The molecule has 5 heteroatoms. The predicted molar refractivity (Wildman–Crippen MR) is 118 cm³/mol. The van der Waals surface area contributed by atoms with E-state index in [1.54, 1.807) is 7.11 Å². The first-order valence-electron chi connectivity index (χ1n) is 9.90. The minimum atomic E-state index is 0.624. The highest BCUT2D eigenvalue weighted by Crippen LogP contribution is 2.31. The van der Waals surface area contributed by atoms with E-state index in [4.69, 9.17) is 14.8 Å². The van der Waals surface area contributed by atoms with E-state index in [9.17, 15) is 0 Å². The van der Waals surface area contributed by atoms with Crippen LogP contribution in [0.25, 0.3) is 16.8 Å². The van der Waals surface area contributed by atoms with Crippen LogP contribution in [0.15, 0.2) is 60.7 Å². The van der Waals surface area contributed by atoms with Gasteiger partial charge in [-0.25, -0.2) is 4.98 Å². The predicted octanol–water partition coefficient (Wildman–Crippen LogP) is 4.66. The molecule has 4 aromatic rings. The number of rotatable bonds is 7. The summed E-state index contributed by atoms with van der Waals surface area (Å²) in [4.78, 5) is 4.99. The first-order chi connectivity index (χ1) is 14.2. The van der Waals surface area contributed by atoms with Gasteiger partial charge in [-0.1, -0.05) is 60.7 Å². The van der Waals surface area contributed by atoms with Crippen LogP contribution in [-0.2, 0) is 11.2 Å². The van der Waals surface area contributed by atoms with Crippen LogP contribution in [0, 0.1) is 13.8 Å². The third-order valence-corrected chi connectivity index (χ3v) is 5.13. The second-order valence-corrected chi connectivity index (χ2v) is 7.17. The van der Waals surface area contributed by atoms with E-state index >= 15 is 0 Å². The highest BCUT2D eigenvalue weighted by molar-refractivity contribution is 5.81. The number of nitrogens with one attached hydrogen (secondary N) is 1. The molecular formula is C24H26N4O. The summed E-state index contributed by atoms with van der Waals surface area (Å²) < 4.78 is 7.21. The summed E-state index contributed by atoms with van der Waals surface area (Å²) in [6.45, 7) is 5.45. The van der Waals surface area contributed by atoms with Crippen molar-refractivity contribution >= 4 is 11.5 Å². The quantitative estimate of drug-likeness (QED) is 0.469. The van der Waals surface area contributed by atoms with Crippen molar-refractivity contribution in [1.29, 1.82) is 0 Å². The third kappa shape index (κ3) is 3.87. The SMILES string of the molecule is COCCNc1c(Cc2ccccc2)c(C)nc2c(-c3ccccc3)c(C)nn12. The summed E-state index contributed by atoms with van der Waals surface area (Å²) in [5.74, 6) is 0.985. The number of methoxy groups -OCH3 is 1. The van der Waals surface area contributed by atoms with Crippen LogP contribution < -0.4 is 5.32 Å². The molecule has 0 atom stereocenters. The molecule has 0 amide bonds. The average molecular weight is 386 g/mol. The maximum Gasteiger partial charge on any atom is 0.165 e. The number of aryl methyl sites for hydroxylation is 2. The summed E-state index contributed by atoms with van der Waals surface area (Å²) in [5, 5.41) is 8.41. The Labute approximate surface area is 171 Å². The summed E-state index contributed by atoms with van der Waals surface area (Å²) in [5.41, 5.74) is 7.47. The smallest absolute Gasteiger partial charge is 0.165 e. The molecule has 0 radical (unpaired) electrons. The Bertz CT molecular complexity index is 1100. The third-order valence-electron chi connectivity index (χ3n) is 5.13. The Kier molecular flexibility index (Phi) is 5.58. The van der Waals surface area contributed by atoms with Crippen molar-refractivity contribution in [1.82, 2.24) is 14.6 Å². The molecule has 4 rings (SSSR count). The minimum Gasteiger partial charge on any atom is -0.383 e. The van der Waals surface area contributed by atoms with E-state index in [0.717, 1.165) is 46.0 Å². The molecule has 0 bridgehead atoms. The van der Waals surface area contributed by atoms with Crippen LogP contribution in [0.4, 0.5) is 5.82 Å². The number of benzene rings is 2. The van der Waals surface area contributed by atoms with E-state index in [1.165, 1.54) is 5.56 Å². The van der Waals surface area contributed by atoms with Crippen molar-refractivity contribution in [3.05, 3.63) is 83.2 Å². The van der Waals surface area contributed by atoms with E-state index in [-0.39, 0.29) is 0 Å². The van der Waals surface area contributed by atoms with Gasteiger partial charge in [0.2, 0.25) is 0 Å². The molecule has 148 valence electrons. The zero-order valence-corrected chi connectivity index (χ0v) is 17.1. The average Bonchev–Trinajstić information content (AvgIpc) is 3.07. The van der Waals surface area contributed by atoms with Gasteiger partial charge in [-0.2, -0.15) is 9.61 Å². The van der Waals surface area contributed by atoms with Crippen molar-refractivity contribution in [2.75, 3.05) is 25.6 Å². The maximum atomic E-state index is 5.25. The van der Waals surface area contributed by atoms with Crippen LogP contribution in [0.3, 0.4) is 0 Å². The molecule has 0 aliphatic rings. The van der Waals surface area contributed by atoms with Crippen LogP contribution in [0.2, 0.25) is 0 Å². The number of fused-ring (bicyclic) bond motifs is 1. The minimum absolute atomic E-state index is 0.624. The van der Waals surface area contributed by atoms with E-state index in [0.29, 0.717) is 13.2 Å². The fourth-order valence-electron chi connectivity index (χ4n) is 3.71. The van der Waals surface area contributed by atoms with Gasteiger partial charge in [0.25, 0.3) is 0 Å². The molecule has 1 N–H and O–H groups in total. The lowest BCUT2D eigenvalue weighted by molar-refractivity contribution is 0.210. The normalized spacial score (nSPS) is 11.1. The van der Waals surface area contributed by atoms with Crippen molar-refractivity contribution in [3.63, 3.8) is 0 Å². The number of ether oxygens (including phenoxy) is 1. The molecule has 0 spiro atoms. The lowest BCUT2D eigenvalue weighted by Gasteiger charge is -2.16. The van der Waals surface area contributed by atoms with Gasteiger partial charge in [-0.05, 0) is 25.0 Å². The van der Waals surface area contributed by atoms with Crippen molar-refractivity contribution < 1.29 is 4.74 Å². The van der Waals surface area contributed by atoms with Crippen LogP contribution >= 0.6 is 0 Å². The molecule has 0 aliphatic carbocycles. The van der Waals surface area contributed by atoms with Gasteiger partial charge >= 0.3 is 0 Å². The Morgan fingerprint density at radius 3 is 2.31 bits per heavy atom. The van der Waals surface area contributed by atoms with Crippen molar-refractivity contribution in [3.8, 4) is 11.1 Å². The number of nitrogens with zero attached hydrogens (tertiary/aromatic N) is 3. The molecule has 0 unspecified atom stereocenters. The molecule has 29 heavy (non-hydrogen) atoms. The van der Waals surface area contributed by atoms with Crippen molar-refractivity contribution in [2.24, 2.45) is 0 Å². The summed E-state index contributed by atoms with van der Waals surface area (Å²) >= 11 is 0. The van der Waals surface area contributed by atoms with E-state index < -0.39 is 0 Å². The van der Waals surface area contributed by atoms with Gasteiger partial charge in [-0.3, -0.25) is 0 Å². The highest BCUT2D eigenvalue weighted by atomic mass is 16.5. The van der Waals surface area contributed by atoms with Gasteiger partial charge < -0.3 is 10.1 Å². The molecular weight excluding hydrogens is 360 g/mol. The van der Waals surface area contributed by atoms with Crippen LogP contribution in [0.1, 0.15) is 22.5 Å². The topological polar surface area (TPSA) is 51.5 Å². The summed E-state index contributed by atoms with van der Waals surface area (Å²) in [7, 11) is 1.71. The first-order valence-corrected chi connectivity index (χ1v) is 9.90. The zero-order valence-electron chi connectivity index (χ0n) is 17.1. The fraction of sp³-hybridized carbons (Fsp3) is 0.250. The van der Waals surface area contributed by atoms with Gasteiger partial charge in [0.05, 0.1) is 12.3 Å². The van der Waals surface area contributed by atoms with Gasteiger partial charge in [-0.15, -0.1) is 0 Å². The van der Waals surface area contributed by atoms with Gasteiger partial charge in [0.15, 0.2) is 5.65 Å². The van der Waals surface area contributed by atoms with E-state index in [1.807, 2.05) is 35.7 Å². The first kappa shape index (κ1) is 19.2. The van der Waals surface area contributed by atoms with Crippen LogP contribution in [0.5, 0.6) is 0 Å². The maximum absolute atomic E-state index is 5.25. The molecule has 0 saturated heterocycles. The summed E-state index contributed by atoms with van der Waals surface area (Å²) in [6, 6.07) is 20.8. The Morgan fingerprint density at radius 1 is 0.931 bits per heavy atom. The van der Waals surface area contributed by atoms with Gasteiger partial charge in [0, 0.05) is 36.9 Å². The Hall–Kier alpha value is -3.18. The second-order valence-electron chi connectivity index (χ2n) is 7.17. The molecule has 0 fully saturated rings. The monoisotopic (exact) mass is 386 g/mol. The lowest BCUT2D eigenvalue weighted by atomic mass is 10.0. The largest absolute Gasteiger partial charge is 0.383 e. The van der Waals surface area contributed by atoms with Crippen molar-refractivity contribution in [2.45, 2.75) is 20.3 Å². The Balaban J connectivity index is 1.89. The summed E-state index contributed by atoms with van der Waals surface area (Å²) in [6.07, 6.45) is 0.796. The number of aromatic nitrogens is 3. The molecule has 2 aromatic carbocycles. The number of hydrogen-bond acceptors (Lipinski definition) is 4. The standard InChI is InChI=1S/C24H26N4O/c1-17-21(16-19-10-6-4-7-11-19)23(25-14-15-29-3)28-24(26-17)22(18(2)27-28)20-12-8-5-9-13-20/h4-13,25H,14-16H2,1-3H3. The molecule has 2 heterocycles. The Morgan fingerprint density at radius 2 is 1.62 bits per heavy atom.